The average molecular weight is 372 g/mol. The van der Waals surface area contributed by atoms with E-state index in [1.165, 1.54) is 0 Å². The molecular weight excluding hydrogens is 348 g/mol. The average Bonchev–Trinajstić information content (AvgIpc) is 3.09. The smallest absolute Gasteiger partial charge is 0.410 e. The van der Waals surface area contributed by atoms with Gasteiger partial charge in [-0.25, -0.2) is 9.59 Å². The SMILES string of the molecule is CC(C)(C)OC(=O)N1CCN(C(=O)Nc2cc(-c3ccccc3)on2)CC1. The van der Waals surface area contributed by atoms with Crippen LogP contribution in [0.25, 0.3) is 11.3 Å². The fourth-order valence-electron chi connectivity index (χ4n) is 2.68. The summed E-state index contributed by atoms with van der Waals surface area (Å²) in [4.78, 5) is 27.7. The topological polar surface area (TPSA) is 87.9 Å². The Hall–Kier alpha value is -3.03. The summed E-state index contributed by atoms with van der Waals surface area (Å²) in [5.41, 5.74) is 0.353. The Morgan fingerprint density at radius 1 is 1.07 bits per heavy atom. The molecule has 0 spiro atoms. The standard InChI is InChI=1S/C19H24N4O4/c1-19(2,3)26-18(25)23-11-9-22(10-12-23)17(24)20-16-13-15(27-21-16)14-7-5-4-6-8-14/h4-8,13H,9-12H2,1-3H3,(H,20,21,24). The van der Waals surface area contributed by atoms with Crippen LogP contribution in [-0.2, 0) is 4.74 Å². The molecule has 144 valence electrons. The summed E-state index contributed by atoms with van der Waals surface area (Å²) in [5.74, 6) is 0.939. The quantitative estimate of drug-likeness (QED) is 0.873. The molecule has 0 atom stereocenters. The third-order valence-electron chi connectivity index (χ3n) is 4.02. The molecule has 1 aromatic carbocycles. The van der Waals surface area contributed by atoms with Gasteiger partial charge < -0.3 is 19.1 Å². The maximum absolute atomic E-state index is 12.4. The molecule has 1 saturated heterocycles. The summed E-state index contributed by atoms with van der Waals surface area (Å²) in [6.07, 6.45) is -0.355. The third-order valence-corrected chi connectivity index (χ3v) is 4.02. The lowest BCUT2D eigenvalue weighted by Crippen LogP contribution is -2.52. The van der Waals surface area contributed by atoms with Crippen molar-refractivity contribution in [1.29, 1.82) is 0 Å². The van der Waals surface area contributed by atoms with Crippen molar-refractivity contribution in [3.05, 3.63) is 36.4 Å². The Morgan fingerprint density at radius 3 is 2.33 bits per heavy atom. The molecule has 27 heavy (non-hydrogen) atoms. The summed E-state index contributed by atoms with van der Waals surface area (Å²) in [5, 5.41) is 6.62. The van der Waals surface area contributed by atoms with Gasteiger partial charge in [0.2, 0.25) is 0 Å². The van der Waals surface area contributed by atoms with E-state index >= 15 is 0 Å². The Bertz CT molecular complexity index is 790. The van der Waals surface area contributed by atoms with E-state index in [9.17, 15) is 9.59 Å². The van der Waals surface area contributed by atoms with E-state index in [0.717, 1.165) is 5.56 Å². The van der Waals surface area contributed by atoms with Gasteiger partial charge in [0.1, 0.15) is 5.60 Å². The summed E-state index contributed by atoms with van der Waals surface area (Å²) < 4.78 is 10.6. The predicted octanol–water partition coefficient (Wildman–Crippen LogP) is 3.43. The van der Waals surface area contributed by atoms with Gasteiger partial charge in [-0.3, -0.25) is 5.32 Å². The van der Waals surface area contributed by atoms with E-state index < -0.39 is 5.60 Å². The van der Waals surface area contributed by atoms with Gasteiger partial charge in [0.15, 0.2) is 11.6 Å². The first-order chi connectivity index (χ1) is 12.8. The Morgan fingerprint density at radius 2 is 1.70 bits per heavy atom. The van der Waals surface area contributed by atoms with Gasteiger partial charge in [0.25, 0.3) is 0 Å². The molecule has 1 fully saturated rings. The molecule has 8 nitrogen and oxygen atoms in total. The highest BCUT2D eigenvalue weighted by Gasteiger charge is 2.28. The van der Waals surface area contributed by atoms with Gasteiger partial charge in [0, 0.05) is 37.8 Å². The number of urea groups is 1. The van der Waals surface area contributed by atoms with Crippen LogP contribution in [0.5, 0.6) is 0 Å². The predicted molar refractivity (Wildman–Crippen MR) is 100 cm³/mol. The number of aromatic nitrogens is 1. The molecule has 1 N–H and O–H groups in total. The first kappa shape index (κ1) is 18.8. The van der Waals surface area contributed by atoms with Crippen molar-refractivity contribution in [3.63, 3.8) is 0 Å². The minimum Gasteiger partial charge on any atom is -0.444 e. The van der Waals surface area contributed by atoms with Crippen LogP contribution in [0.1, 0.15) is 20.8 Å². The number of benzene rings is 1. The van der Waals surface area contributed by atoms with Crippen LogP contribution in [-0.4, -0.2) is 58.9 Å². The molecule has 1 aliphatic heterocycles. The van der Waals surface area contributed by atoms with Crippen molar-refractivity contribution >= 4 is 17.9 Å². The highest BCUT2D eigenvalue weighted by Crippen LogP contribution is 2.22. The van der Waals surface area contributed by atoms with Crippen LogP contribution in [0.2, 0.25) is 0 Å². The van der Waals surface area contributed by atoms with Crippen LogP contribution < -0.4 is 5.32 Å². The van der Waals surface area contributed by atoms with Crippen LogP contribution >= 0.6 is 0 Å². The number of carbonyl (C=O) groups is 2. The van der Waals surface area contributed by atoms with E-state index in [0.29, 0.717) is 37.8 Å². The second-order valence-corrected chi connectivity index (χ2v) is 7.33. The van der Waals surface area contributed by atoms with E-state index in [-0.39, 0.29) is 12.1 Å². The van der Waals surface area contributed by atoms with Crippen molar-refractivity contribution in [2.24, 2.45) is 0 Å². The normalized spacial score (nSPS) is 14.8. The Labute approximate surface area is 158 Å². The molecule has 2 heterocycles. The van der Waals surface area contributed by atoms with E-state index in [1.54, 1.807) is 15.9 Å². The van der Waals surface area contributed by atoms with Crippen LogP contribution in [0, 0.1) is 0 Å². The summed E-state index contributed by atoms with van der Waals surface area (Å²) in [6.45, 7) is 7.19. The number of piperazine rings is 1. The number of nitrogens with one attached hydrogen (secondary N) is 1. The fourth-order valence-corrected chi connectivity index (χ4v) is 2.68. The maximum Gasteiger partial charge on any atom is 0.410 e. The summed E-state index contributed by atoms with van der Waals surface area (Å²) >= 11 is 0. The Kier molecular flexibility index (Phi) is 5.34. The van der Waals surface area contributed by atoms with Crippen molar-refractivity contribution in [2.45, 2.75) is 26.4 Å². The molecule has 0 bridgehead atoms. The Balaban J connectivity index is 1.52. The number of anilines is 1. The largest absolute Gasteiger partial charge is 0.444 e. The van der Waals surface area contributed by atoms with E-state index in [1.807, 2.05) is 51.1 Å². The minimum absolute atomic E-state index is 0.272. The van der Waals surface area contributed by atoms with Crippen molar-refractivity contribution in [3.8, 4) is 11.3 Å². The van der Waals surface area contributed by atoms with Crippen molar-refractivity contribution in [1.82, 2.24) is 15.0 Å². The summed E-state index contributed by atoms with van der Waals surface area (Å²) in [6, 6.07) is 10.9. The number of hydrogen-bond donors (Lipinski definition) is 1. The molecule has 0 saturated carbocycles. The van der Waals surface area contributed by atoms with Crippen molar-refractivity contribution < 1.29 is 18.8 Å². The number of ether oxygens (including phenoxy) is 1. The molecule has 3 rings (SSSR count). The van der Waals surface area contributed by atoms with E-state index in [4.69, 9.17) is 9.26 Å². The molecule has 0 aliphatic carbocycles. The minimum atomic E-state index is -0.533. The number of carbonyl (C=O) groups excluding carboxylic acids is 2. The number of nitrogens with zero attached hydrogens (tertiary/aromatic N) is 3. The fraction of sp³-hybridized carbons (Fsp3) is 0.421. The van der Waals surface area contributed by atoms with Crippen LogP contribution in [0.15, 0.2) is 40.9 Å². The van der Waals surface area contributed by atoms with Crippen LogP contribution in [0.4, 0.5) is 15.4 Å². The number of hydrogen-bond acceptors (Lipinski definition) is 5. The lowest BCUT2D eigenvalue weighted by Gasteiger charge is -2.35. The molecule has 3 amide bonds. The van der Waals surface area contributed by atoms with Gasteiger partial charge >= 0.3 is 12.1 Å². The van der Waals surface area contributed by atoms with Gasteiger partial charge in [0.05, 0.1) is 0 Å². The molecule has 0 unspecified atom stereocenters. The van der Waals surface area contributed by atoms with E-state index in [2.05, 4.69) is 10.5 Å². The first-order valence-electron chi connectivity index (χ1n) is 8.88. The second-order valence-electron chi connectivity index (χ2n) is 7.33. The number of amides is 3. The van der Waals surface area contributed by atoms with Crippen LogP contribution in [0.3, 0.4) is 0 Å². The lowest BCUT2D eigenvalue weighted by molar-refractivity contribution is 0.0174. The summed E-state index contributed by atoms with van der Waals surface area (Å²) in [7, 11) is 0. The molecule has 1 aliphatic rings. The first-order valence-corrected chi connectivity index (χ1v) is 8.88. The molecule has 8 heteroatoms. The highest BCUT2D eigenvalue weighted by atomic mass is 16.6. The lowest BCUT2D eigenvalue weighted by atomic mass is 10.2. The molecule has 2 aromatic rings. The maximum atomic E-state index is 12.4. The van der Waals surface area contributed by atoms with Crippen molar-refractivity contribution in [2.75, 3.05) is 31.5 Å². The zero-order chi connectivity index (χ0) is 19.4. The molecule has 1 aromatic heterocycles. The highest BCUT2D eigenvalue weighted by molar-refractivity contribution is 5.89. The second kappa shape index (κ2) is 7.69. The molecule has 0 radical (unpaired) electrons. The third kappa shape index (κ3) is 4.99. The monoisotopic (exact) mass is 372 g/mol. The van der Waals surface area contributed by atoms with Gasteiger partial charge in [-0.15, -0.1) is 0 Å². The number of rotatable bonds is 2. The zero-order valence-electron chi connectivity index (χ0n) is 15.8. The zero-order valence-corrected chi connectivity index (χ0v) is 15.8. The van der Waals surface area contributed by atoms with Gasteiger partial charge in [-0.05, 0) is 20.8 Å². The van der Waals surface area contributed by atoms with Gasteiger partial charge in [-0.2, -0.15) is 0 Å². The molecular formula is C19H24N4O4. The van der Waals surface area contributed by atoms with Gasteiger partial charge in [-0.1, -0.05) is 35.5 Å².